The molecule has 0 bridgehead atoms. The summed E-state index contributed by atoms with van der Waals surface area (Å²) in [7, 11) is 1.60. The van der Waals surface area contributed by atoms with Crippen LogP contribution in [0.1, 0.15) is 16.8 Å². The molecule has 0 aliphatic rings. The molecule has 0 fully saturated rings. The Bertz CT molecular complexity index is 414. The van der Waals surface area contributed by atoms with Gasteiger partial charge in [0.15, 0.2) is 0 Å². The lowest BCUT2D eigenvalue weighted by Crippen LogP contribution is -2.34. The van der Waals surface area contributed by atoms with Crippen molar-refractivity contribution in [1.82, 2.24) is 4.90 Å². The molecule has 92 valence electrons. The molecule has 0 spiro atoms. The van der Waals surface area contributed by atoms with Crippen molar-refractivity contribution in [2.24, 2.45) is 0 Å². The van der Waals surface area contributed by atoms with Crippen LogP contribution in [0.4, 0.5) is 0 Å². The molecule has 0 N–H and O–H groups in total. The second-order valence-electron chi connectivity index (χ2n) is 3.33. The topological polar surface area (TPSA) is 53.3 Å². The Morgan fingerprint density at radius 2 is 2.41 bits per heavy atom. The average molecular weight is 364 g/mol. The Labute approximate surface area is 118 Å². The highest BCUT2D eigenvalue weighted by molar-refractivity contribution is 14.1. The fraction of sp³-hybridized carbons (Fsp3) is 0.455. The number of methoxy groups -OCH3 is 1. The third-order valence-corrected chi connectivity index (χ3v) is 3.95. The molecular formula is C11H13IN2O2S. The number of nitrogens with zero attached hydrogens (tertiary/aromatic N) is 2. The first kappa shape index (κ1) is 14.4. The van der Waals surface area contributed by atoms with Crippen LogP contribution in [0.2, 0.25) is 0 Å². The molecule has 0 saturated heterocycles. The van der Waals surface area contributed by atoms with Gasteiger partial charge in [-0.05, 0) is 28.7 Å². The number of thiophene rings is 1. The van der Waals surface area contributed by atoms with E-state index in [4.69, 9.17) is 10.00 Å². The fourth-order valence-electron chi connectivity index (χ4n) is 1.31. The minimum Gasteiger partial charge on any atom is -0.383 e. The molecule has 0 aromatic carbocycles. The molecule has 0 radical (unpaired) electrons. The van der Waals surface area contributed by atoms with E-state index >= 15 is 0 Å². The summed E-state index contributed by atoms with van der Waals surface area (Å²) < 4.78 is 6.05. The summed E-state index contributed by atoms with van der Waals surface area (Å²) in [5, 5.41) is 10.4. The number of halogens is 1. The van der Waals surface area contributed by atoms with Gasteiger partial charge >= 0.3 is 0 Å². The van der Waals surface area contributed by atoms with Gasteiger partial charge in [-0.3, -0.25) is 4.79 Å². The summed E-state index contributed by atoms with van der Waals surface area (Å²) in [6, 6.07) is 3.91. The molecule has 0 aliphatic heterocycles. The van der Waals surface area contributed by atoms with Crippen molar-refractivity contribution >= 4 is 39.8 Å². The van der Waals surface area contributed by atoms with Gasteiger partial charge in [0.05, 0.1) is 27.5 Å². The van der Waals surface area contributed by atoms with Gasteiger partial charge in [-0.2, -0.15) is 5.26 Å². The zero-order valence-corrected chi connectivity index (χ0v) is 12.5. The predicted octanol–water partition coefficient (Wildman–Crippen LogP) is 2.35. The second-order valence-corrected chi connectivity index (χ2v) is 6.14. The molecular weight excluding hydrogens is 351 g/mol. The SMILES string of the molecule is COCCN(CCC#N)C(=O)c1csc(I)c1. The quantitative estimate of drug-likeness (QED) is 0.729. The van der Waals surface area contributed by atoms with Crippen molar-refractivity contribution in [3.05, 3.63) is 19.9 Å². The summed E-state index contributed by atoms with van der Waals surface area (Å²) in [6.45, 7) is 1.45. The van der Waals surface area contributed by atoms with E-state index in [2.05, 4.69) is 28.7 Å². The van der Waals surface area contributed by atoms with E-state index in [1.54, 1.807) is 23.3 Å². The third-order valence-electron chi connectivity index (χ3n) is 2.16. The molecule has 4 nitrogen and oxygen atoms in total. The van der Waals surface area contributed by atoms with Crippen LogP contribution < -0.4 is 0 Å². The summed E-state index contributed by atoms with van der Waals surface area (Å²) in [5.74, 6) is -0.0310. The number of nitriles is 1. The minimum atomic E-state index is -0.0310. The molecule has 1 rings (SSSR count). The van der Waals surface area contributed by atoms with Gasteiger partial charge in [0.2, 0.25) is 0 Å². The maximum Gasteiger partial charge on any atom is 0.254 e. The number of hydrogen-bond donors (Lipinski definition) is 0. The molecule has 0 unspecified atom stereocenters. The van der Waals surface area contributed by atoms with Gasteiger partial charge in [-0.1, -0.05) is 0 Å². The van der Waals surface area contributed by atoms with Crippen molar-refractivity contribution in [3.8, 4) is 6.07 Å². The number of carbonyl (C=O) groups is 1. The molecule has 0 saturated carbocycles. The van der Waals surface area contributed by atoms with Crippen molar-refractivity contribution in [3.63, 3.8) is 0 Å². The van der Waals surface area contributed by atoms with Crippen LogP contribution in [0.15, 0.2) is 11.4 Å². The summed E-state index contributed by atoms with van der Waals surface area (Å²) in [6.07, 6.45) is 0.344. The lowest BCUT2D eigenvalue weighted by atomic mass is 10.2. The highest BCUT2D eigenvalue weighted by Crippen LogP contribution is 2.18. The van der Waals surface area contributed by atoms with E-state index < -0.39 is 0 Å². The predicted molar refractivity (Wildman–Crippen MR) is 75.0 cm³/mol. The highest BCUT2D eigenvalue weighted by atomic mass is 127. The van der Waals surface area contributed by atoms with Gasteiger partial charge in [-0.25, -0.2) is 0 Å². The van der Waals surface area contributed by atoms with E-state index in [0.717, 1.165) is 2.88 Å². The van der Waals surface area contributed by atoms with E-state index in [9.17, 15) is 4.79 Å². The average Bonchev–Trinajstić information content (AvgIpc) is 2.75. The Morgan fingerprint density at radius 3 is 2.94 bits per heavy atom. The Balaban J connectivity index is 2.68. The minimum absolute atomic E-state index is 0.0310. The highest BCUT2D eigenvalue weighted by Gasteiger charge is 2.16. The maximum absolute atomic E-state index is 12.1. The van der Waals surface area contributed by atoms with Gasteiger partial charge in [0.25, 0.3) is 5.91 Å². The largest absolute Gasteiger partial charge is 0.383 e. The van der Waals surface area contributed by atoms with Crippen LogP contribution in [0.3, 0.4) is 0 Å². The number of ether oxygens (including phenoxy) is 1. The van der Waals surface area contributed by atoms with Crippen molar-refractivity contribution < 1.29 is 9.53 Å². The van der Waals surface area contributed by atoms with E-state index in [1.807, 2.05) is 11.4 Å². The number of hydrogen-bond acceptors (Lipinski definition) is 4. The van der Waals surface area contributed by atoms with Crippen molar-refractivity contribution in [2.75, 3.05) is 26.8 Å². The molecule has 1 aromatic heterocycles. The van der Waals surface area contributed by atoms with Crippen molar-refractivity contribution in [2.45, 2.75) is 6.42 Å². The fourth-order valence-corrected chi connectivity index (χ4v) is 2.63. The van der Waals surface area contributed by atoms with E-state index in [-0.39, 0.29) is 5.91 Å². The normalized spacial score (nSPS) is 9.94. The molecule has 17 heavy (non-hydrogen) atoms. The Kier molecular flexibility index (Phi) is 6.47. The third kappa shape index (κ3) is 4.61. The van der Waals surface area contributed by atoms with Gasteiger partial charge < -0.3 is 9.64 Å². The number of carbonyl (C=O) groups excluding carboxylic acids is 1. The smallest absolute Gasteiger partial charge is 0.254 e. The van der Waals surface area contributed by atoms with Crippen LogP contribution >= 0.6 is 33.9 Å². The first-order valence-electron chi connectivity index (χ1n) is 5.08. The molecule has 0 aliphatic carbocycles. The Hall–Kier alpha value is -0.650. The first-order chi connectivity index (χ1) is 8.19. The Morgan fingerprint density at radius 1 is 1.65 bits per heavy atom. The molecule has 6 heteroatoms. The monoisotopic (exact) mass is 364 g/mol. The van der Waals surface area contributed by atoms with Crippen LogP contribution in [0, 0.1) is 14.2 Å². The van der Waals surface area contributed by atoms with Gasteiger partial charge in [0.1, 0.15) is 0 Å². The van der Waals surface area contributed by atoms with Gasteiger partial charge in [0, 0.05) is 25.6 Å². The lowest BCUT2D eigenvalue weighted by Gasteiger charge is -2.20. The first-order valence-corrected chi connectivity index (χ1v) is 7.04. The van der Waals surface area contributed by atoms with Crippen LogP contribution in [-0.4, -0.2) is 37.6 Å². The number of amides is 1. The standard InChI is InChI=1S/C11H13IN2O2S/c1-16-6-5-14(4-2-3-13)11(15)9-7-10(12)17-8-9/h7-8H,2,4-6H2,1H3. The van der Waals surface area contributed by atoms with Crippen LogP contribution in [0.25, 0.3) is 0 Å². The van der Waals surface area contributed by atoms with E-state index in [1.165, 1.54) is 0 Å². The second kappa shape index (κ2) is 7.63. The molecule has 0 atom stereocenters. The molecule has 1 amide bonds. The zero-order chi connectivity index (χ0) is 12.7. The number of rotatable bonds is 6. The summed E-state index contributed by atoms with van der Waals surface area (Å²) in [5.41, 5.74) is 0.688. The van der Waals surface area contributed by atoms with Crippen LogP contribution in [0.5, 0.6) is 0 Å². The zero-order valence-electron chi connectivity index (χ0n) is 9.48. The molecule has 1 heterocycles. The van der Waals surface area contributed by atoms with Crippen LogP contribution in [-0.2, 0) is 4.74 Å². The molecule has 1 aromatic rings. The maximum atomic E-state index is 12.1. The summed E-state index contributed by atoms with van der Waals surface area (Å²) >= 11 is 3.73. The van der Waals surface area contributed by atoms with E-state index in [0.29, 0.717) is 31.7 Å². The lowest BCUT2D eigenvalue weighted by molar-refractivity contribution is 0.0700. The summed E-state index contributed by atoms with van der Waals surface area (Å²) in [4.78, 5) is 13.8. The van der Waals surface area contributed by atoms with Crippen molar-refractivity contribution in [1.29, 1.82) is 5.26 Å². The van der Waals surface area contributed by atoms with Gasteiger partial charge in [-0.15, -0.1) is 11.3 Å².